The Balaban J connectivity index is 1.83. The quantitative estimate of drug-likeness (QED) is 0.537. The Kier molecular flexibility index (Phi) is 7.25. The van der Waals surface area contributed by atoms with Gasteiger partial charge in [-0.2, -0.15) is 0 Å². The lowest BCUT2D eigenvalue weighted by molar-refractivity contribution is -0.125. The third kappa shape index (κ3) is 6.01. The number of halogens is 3. The fourth-order valence-electron chi connectivity index (χ4n) is 3.70. The Labute approximate surface area is 188 Å². The largest absolute Gasteiger partial charge is 0.398 e. The molecule has 3 rings (SSSR count). The van der Waals surface area contributed by atoms with Crippen molar-refractivity contribution in [1.82, 2.24) is 15.6 Å². The second kappa shape index (κ2) is 9.77. The number of anilines is 1. The summed E-state index contributed by atoms with van der Waals surface area (Å²) in [7, 11) is -3.25. The maximum absolute atomic E-state index is 14.1. The standard InChI is InChI=1S/C21H23F3N4O4S/c1-11(18-16(24)9-14(23)10-26-18)27-21(30)19(12-4-6-33(31,32)7-5-12)28-20(29)15-8-13(22)2-3-17(15)25/h2-3,8-12,19H,4-7,25H2,1H3,(H,27,30)(H,28,29)/t11-,19+/m1/s1. The molecule has 8 nitrogen and oxygen atoms in total. The van der Waals surface area contributed by atoms with Gasteiger partial charge < -0.3 is 16.4 Å². The Hall–Kier alpha value is -3.15. The third-order valence-electron chi connectivity index (χ3n) is 5.50. The number of sulfone groups is 1. The van der Waals surface area contributed by atoms with Crippen LogP contribution >= 0.6 is 0 Å². The van der Waals surface area contributed by atoms with Gasteiger partial charge in [-0.15, -0.1) is 0 Å². The van der Waals surface area contributed by atoms with Gasteiger partial charge in [0.15, 0.2) is 0 Å². The van der Waals surface area contributed by atoms with Crippen molar-refractivity contribution in [3.63, 3.8) is 0 Å². The van der Waals surface area contributed by atoms with Gasteiger partial charge in [0.2, 0.25) is 5.91 Å². The first-order valence-corrected chi connectivity index (χ1v) is 12.0. The summed E-state index contributed by atoms with van der Waals surface area (Å²) in [6.45, 7) is 1.43. The molecule has 2 aromatic rings. The van der Waals surface area contributed by atoms with Crippen molar-refractivity contribution < 1.29 is 31.2 Å². The highest BCUT2D eigenvalue weighted by molar-refractivity contribution is 7.91. The van der Waals surface area contributed by atoms with E-state index in [2.05, 4.69) is 15.6 Å². The second-order valence-electron chi connectivity index (χ2n) is 7.92. The fourth-order valence-corrected chi connectivity index (χ4v) is 5.23. The van der Waals surface area contributed by atoms with Gasteiger partial charge >= 0.3 is 0 Å². The molecule has 33 heavy (non-hydrogen) atoms. The highest BCUT2D eigenvalue weighted by atomic mass is 32.2. The minimum Gasteiger partial charge on any atom is -0.398 e. The maximum atomic E-state index is 14.1. The van der Waals surface area contributed by atoms with Crippen LogP contribution in [0, 0.1) is 23.4 Å². The zero-order valence-corrected chi connectivity index (χ0v) is 18.5. The molecule has 1 aromatic carbocycles. The van der Waals surface area contributed by atoms with Crippen LogP contribution in [-0.4, -0.2) is 42.8 Å². The van der Waals surface area contributed by atoms with Gasteiger partial charge in [0.05, 0.1) is 35.0 Å². The summed E-state index contributed by atoms with van der Waals surface area (Å²) in [5.74, 6) is -4.96. The lowest BCUT2D eigenvalue weighted by Gasteiger charge is -2.31. The molecule has 0 radical (unpaired) electrons. The van der Waals surface area contributed by atoms with E-state index in [4.69, 9.17) is 5.73 Å². The Morgan fingerprint density at radius 3 is 2.39 bits per heavy atom. The first kappa shape index (κ1) is 24.5. The van der Waals surface area contributed by atoms with E-state index in [1.54, 1.807) is 0 Å². The van der Waals surface area contributed by atoms with Crippen molar-refractivity contribution in [2.24, 2.45) is 5.92 Å². The zero-order valence-electron chi connectivity index (χ0n) is 17.6. The van der Waals surface area contributed by atoms with Crippen LogP contribution in [0.1, 0.15) is 41.9 Å². The maximum Gasteiger partial charge on any atom is 0.254 e. The first-order chi connectivity index (χ1) is 15.5. The van der Waals surface area contributed by atoms with Crippen molar-refractivity contribution in [3.8, 4) is 0 Å². The molecule has 0 spiro atoms. The molecule has 1 fully saturated rings. The molecule has 0 bridgehead atoms. The van der Waals surface area contributed by atoms with E-state index in [1.165, 1.54) is 13.0 Å². The van der Waals surface area contributed by atoms with Gasteiger partial charge in [-0.3, -0.25) is 14.6 Å². The smallest absolute Gasteiger partial charge is 0.254 e. The van der Waals surface area contributed by atoms with Crippen LogP contribution in [0.15, 0.2) is 30.5 Å². The molecule has 4 N–H and O–H groups in total. The van der Waals surface area contributed by atoms with Gasteiger partial charge in [0.25, 0.3) is 5.91 Å². The Morgan fingerprint density at radius 2 is 1.76 bits per heavy atom. The van der Waals surface area contributed by atoms with Crippen molar-refractivity contribution in [3.05, 3.63) is 59.2 Å². The van der Waals surface area contributed by atoms with Gasteiger partial charge in [-0.1, -0.05) is 0 Å². The summed E-state index contributed by atoms with van der Waals surface area (Å²) >= 11 is 0. The third-order valence-corrected chi connectivity index (χ3v) is 7.22. The van der Waals surface area contributed by atoms with Crippen LogP contribution in [-0.2, 0) is 14.6 Å². The first-order valence-electron chi connectivity index (χ1n) is 10.1. The fraction of sp³-hybridized carbons (Fsp3) is 0.381. The van der Waals surface area contributed by atoms with Gasteiger partial charge in [0.1, 0.15) is 33.3 Å². The molecule has 178 valence electrons. The minimum absolute atomic E-state index is 0.00904. The van der Waals surface area contributed by atoms with Crippen LogP contribution in [0.3, 0.4) is 0 Å². The number of nitrogens with two attached hydrogens (primary N) is 1. The van der Waals surface area contributed by atoms with Crippen molar-refractivity contribution >= 4 is 27.3 Å². The number of nitrogen functional groups attached to an aromatic ring is 1. The number of carbonyl (C=O) groups is 2. The number of hydrogen-bond donors (Lipinski definition) is 3. The number of nitrogens with zero attached hydrogens (tertiary/aromatic N) is 1. The van der Waals surface area contributed by atoms with E-state index >= 15 is 0 Å². The predicted octanol–water partition coefficient (Wildman–Crippen LogP) is 1.88. The average Bonchev–Trinajstić information content (AvgIpc) is 2.73. The van der Waals surface area contributed by atoms with E-state index < -0.39 is 57.1 Å². The number of benzene rings is 1. The molecule has 0 aliphatic carbocycles. The van der Waals surface area contributed by atoms with Crippen molar-refractivity contribution in [1.29, 1.82) is 0 Å². The highest BCUT2D eigenvalue weighted by Crippen LogP contribution is 2.24. The van der Waals surface area contributed by atoms with Gasteiger partial charge in [-0.25, -0.2) is 21.6 Å². The molecule has 1 aliphatic heterocycles. The van der Waals surface area contributed by atoms with Gasteiger partial charge in [-0.05, 0) is 43.9 Å². The van der Waals surface area contributed by atoms with Gasteiger partial charge in [0, 0.05) is 11.8 Å². The van der Waals surface area contributed by atoms with E-state index in [9.17, 15) is 31.2 Å². The number of pyridine rings is 1. The van der Waals surface area contributed by atoms with Crippen molar-refractivity contribution in [2.45, 2.75) is 31.8 Å². The van der Waals surface area contributed by atoms with Crippen LogP contribution in [0.4, 0.5) is 18.9 Å². The van der Waals surface area contributed by atoms with E-state index in [0.29, 0.717) is 6.07 Å². The van der Waals surface area contributed by atoms with Crippen LogP contribution in [0.2, 0.25) is 0 Å². The molecule has 2 heterocycles. The Morgan fingerprint density at radius 1 is 1.09 bits per heavy atom. The molecular formula is C21H23F3N4O4S. The lowest BCUT2D eigenvalue weighted by atomic mass is 9.92. The second-order valence-corrected chi connectivity index (χ2v) is 10.2. The number of rotatable bonds is 6. The molecule has 1 aliphatic rings. The molecule has 0 unspecified atom stereocenters. The number of nitrogens with one attached hydrogen (secondary N) is 2. The summed E-state index contributed by atoms with van der Waals surface area (Å²) in [6, 6.07) is 1.64. The normalized spacial score (nSPS) is 17.7. The topological polar surface area (TPSA) is 131 Å². The number of carbonyl (C=O) groups excluding carboxylic acids is 2. The predicted molar refractivity (Wildman–Crippen MR) is 114 cm³/mol. The summed E-state index contributed by atoms with van der Waals surface area (Å²) in [6.07, 6.45) is 1.02. The molecule has 1 aromatic heterocycles. The average molecular weight is 485 g/mol. The number of amides is 2. The van der Waals surface area contributed by atoms with Crippen LogP contribution in [0.25, 0.3) is 0 Å². The minimum atomic E-state index is -3.25. The Bertz CT molecular complexity index is 1160. The molecular weight excluding hydrogens is 461 g/mol. The highest BCUT2D eigenvalue weighted by Gasteiger charge is 2.36. The summed E-state index contributed by atoms with van der Waals surface area (Å²) in [5, 5.41) is 5.04. The lowest BCUT2D eigenvalue weighted by Crippen LogP contribution is -2.53. The van der Waals surface area contributed by atoms with Crippen LogP contribution in [0.5, 0.6) is 0 Å². The summed E-state index contributed by atoms with van der Waals surface area (Å²) in [4.78, 5) is 29.5. The van der Waals surface area contributed by atoms with E-state index in [0.717, 1.165) is 18.3 Å². The molecule has 2 amide bonds. The molecule has 1 saturated heterocycles. The number of hydrogen-bond acceptors (Lipinski definition) is 6. The van der Waals surface area contributed by atoms with E-state index in [-0.39, 0.29) is 41.3 Å². The summed E-state index contributed by atoms with van der Waals surface area (Å²) in [5.41, 5.74) is 5.35. The SMILES string of the molecule is C[C@@H](NC(=O)[C@@H](NC(=O)c1cc(F)ccc1N)C1CCS(=O)(=O)CC1)c1ncc(F)cc1F. The zero-order chi connectivity index (χ0) is 24.3. The van der Waals surface area contributed by atoms with E-state index in [1.807, 2.05) is 0 Å². The van der Waals surface area contributed by atoms with Crippen LogP contribution < -0.4 is 16.4 Å². The van der Waals surface area contributed by atoms with Crippen molar-refractivity contribution in [2.75, 3.05) is 17.2 Å². The number of aromatic nitrogens is 1. The molecule has 2 atom stereocenters. The summed E-state index contributed by atoms with van der Waals surface area (Å²) < 4.78 is 64.5. The monoisotopic (exact) mass is 484 g/mol. The molecule has 12 heteroatoms. The molecule has 0 saturated carbocycles.